The summed E-state index contributed by atoms with van der Waals surface area (Å²) < 4.78 is 11.1. The Morgan fingerprint density at radius 3 is 2.48 bits per heavy atom. The second-order valence-corrected chi connectivity index (χ2v) is 9.06. The minimum atomic E-state index is -0.302. The Morgan fingerprint density at radius 1 is 1.14 bits per heavy atom. The molecular formula is C24H36O5. The van der Waals surface area contributed by atoms with E-state index < -0.39 is 0 Å². The molecule has 2 saturated carbocycles. The summed E-state index contributed by atoms with van der Waals surface area (Å²) in [5, 5.41) is 0. The minimum absolute atomic E-state index is 0.00869. The predicted molar refractivity (Wildman–Crippen MR) is 112 cm³/mol. The zero-order chi connectivity index (χ0) is 21.6. The molecule has 5 nitrogen and oxygen atoms in total. The van der Waals surface area contributed by atoms with Crippen LogP contribution in [0.2, 0.25) is 0 Å². The SMILES string of the molecule is CC(=O)OC(C=CC1C(OC(C)=O)CC2CC(=O)CC21)CC(C)CCC=C(C)C. The van der Waals surface area contributed by atoms with Crippen molar-refractivity contribution in [2.24, 2.45) is 23.7 Å². The fourth-order valence-corrected chi connectivity index (χ4v) is 4.81. The molecule has 0 aliphatic heterocycles. The number of esters is 2. The van der Waals surface area contributed by atoms with Crippen molar-refractivity contribution in [3.8, 4) is 0 Å². The first kappa shape index (κ1) is 23.4. The fourth-order valence-electron chi connectivity index (χ4n) is 4.81. The molecule has 0 N–H and O–H groups in total. The maximum Gasteiger partial charge on any atom is 0.303 e. The minimum Gasteiger partial charge on any atom is -0.462 e. The highest BCUT2D eigenvalue weighted by atomic mass is 16.5. The average molecular weight is 405 g/mol. The summed E-state index contributed by atoms with van der Waals surface area (Å²) in [6, 6.07) is 0. The van der Waals surface area contributed by atoms with E-state index in [1.807, 2.05) is 12.2 Å². The third kappa shape index (κ3) is 7.45. The molecule has 0 aromatic rings. The van der Waals surface area contributed by atoms with Gasteiger partial charge in [0.15, 0.2) is 0 Å². The Kier molecular flexibility index (Phi) is 8.66. The predicted octanol–water partition coefficient (Wildman–Crippen LogP) is 4.79. The van der Waals surface area contributed by atoms with Gasteiger partial charge in [-0.3, -0.25) is 14.4 Å². The summed E-state index contributed by atoms with van der Waals surface area (Å²) in [6.07, 6.45) is 10.4. The topological polar surface area (TPSA) is 69.7 Å². The normalized spacial score (nSPS) is 28.1. The molecule has 162 valence electrons. The van der Waals surface area contributed by atoms with Gasteiger partial charge in [-0.1, -0.05) is 24.6 Å². The van der Waals surface area contributed by atoms with Crippen molar-refractivity contribution in [3.63, 3.8) is 0 Å². The zero-order valence-electron chi connectivity index (χ0n) is 18.5. The van der Waals surface area contributed by atoms with Crippen LogP contribution in [0.1, 0.15) is 73.1 Å². The molecule has 5 heteroatoms. The van der Waals surface area contributed by atoms with Crippen molar-refractivity contribution in [2.75, 3.05) is 0 Å². The number of Topliss-reactive ketones (excluding diaryl/α,β-unsaturated/α-hetero) is 1. The number of hydrogen-bond acceptors (Lipinski definition) is 5. The van der Waals surface area contributed by atoms with E-state index in [9.17, 15) is 14.4 Å². The first-order chi connectivity index (χ1) is 13.7. The van der Waals surface area contributed by atoms with Gasteiger partial charge >= 0.3 is 11.9 Å². The smallest absolute Gasteiger partial charge is 0.303 e. The van der Waals surface area contributed by atoms with E-state index in [2.05, 4.69) is 26.8 Å². The summed E-state index contributed by atoms with van der Waals surface area (Å²) in [5.74, 6) is 0.636. The molecule has 6 atom stereocenters. The Morgan fingerprint density at radius 2 is 1.86 bits per heavy atom. The number of ether oxygens (including phenoxy) is 2. The van der Waals surface area contributed by atoms with Crippen molar-refractivity contribution in [1.29, 1.82) is 0 Å². The Balaban J connectivity index is 2.06. The van der Waals surface area contributed by atoms with Crippen molar-refractivity contribution >= 4 is 17.7 Å². The molecule has 2 aliphatic carbocycles. The first-order valence-electron chi connectivity index (χ1n) is 10.8. The fraction of sp³-hybridized carbons (Fsp3) is 0.708. The molecule has 0 saturated heterocycles. The van der Waals surface area contributed by atoms with Gasteiger partial charge in [0.2, 0.25) is 0 Å². The molecule has 0 aromatic heterocycles. The second kappa shape index (κ2) is 10.7. The lowest BCUT2D eigenvalue weighted by atomic mass is 9.90. The monoisotopic (exact) mass is 404 g/mol. The molecule has 0 aromatic carbocycles. The lowest BCUT2D eigenvalue weighted by Gasteiger charge is -2.22. The van der Waals surface area contributed by atoms with Crippen LogP contribution in [0.15, 0.2) is 23.8 Å². The zero-order valence-corrected chi connectivity index (χ0v) is 18.5. The highest BCUT2D eigenvalue weighted by Crippen LogP contribution is 2.48. The second-order valence-electron chi connectivity index (χ2n) is 9.06. The van der Waals surface area contributed by atoms with Gasteiger partial charge in [-0.05, 0) is 63.4 Å². The van der Waals surface area contributed by atoms with Crippen LogP contribution in [-0.2, 0) is 23.9 Å². The molecule has 0 amide bonds. The van der Waals surface area contributed by atoms with E-state index in [-0.39, 0.29) is 41.9 Å². The van der Waals surface area contributed by atoms with E-state index in [0.29, 0.717) is 24.5 Å². The molecule has 0 bridgehead atoms. The Bertz CT molecular complexity index is 658. The van der Waals surface area contributed by atoms with Gasteiger partial charge in [-0.2, -0.15) is 0 Å². The number of hydrogen-bond donors (Lipinski definition) is 0. The number of fused-ring (bicyclic) bond motifs is 1. The molecular weight excluding hydrogens is 368 g/mol. The van der Waals surface area contributed by atoms with E-state index in [1.165, 1.54) is 19.4 Å². The maximum absolute atomic E-state index is 11.9. The summed E-state index contributed by atoms with van der Waals surface area (Å²) in [5.41, 5.74) is 1.31. The Labute approximate surface area is 174 Å². The van der Waals surface area contributed by atoms with Gasteiger partial charge < -0.3 is 9.47 Å². The van der Waals surface area contributed by atoms with E-state index >= 15 is 0 Å². The molecule has 2 aliphatic rings. The highest BCUT2D eigenvalue weighted by molar-refractivity contribution is 5.81. The third-order valence-electron chi connectivity index (χ3n) is 6.05. The first-order valence-corrected chi connectivity index (χ1v) is 10.8. The van der Waals surface area contributed by atoms with Gasteiger partial charge in [0, 0.05) is 32.6 Å². The molecule has 29 heavy (non-hydrogen) atoms. The maximum atomic E-state index is 11.9. The van der Waals surface area contributed by atoms with Crippen LogP contribution in [0.5, 0.6) is 0 Å². The molecule has 6 unspecified atom stereocenters. The van der Waals surface area contributed by atoms with Crippen LogP contribution in [0.4, 0.5) is 0 Å². The molecule has 0 radical (unpaired) electrons. The standard InChI is InChI=1S/C24H36O5/c1-15(2)7-6-8-16(3)11-21(28-17(4)25)9-10-22-23-14-20(27)12-19(23)13-24(22)29-18(5)26/h7,9-10,16,19,21-24H,6,8,11-14H2,1-5H3. The van der Waals surface area contributed by atoms with Gasteiger partial charge in [-0.15, -0.1) is 0 Å². The van der Waals surface area contributed by atoms with Gasteiger partial charge in [0.25, 0.3) is 0 Å². The number of rotatable bonds is 9. The highest BCUT2D eigenvalue weighted by Gasteiger charge is 2.48. The van der Waals surface area contributed by atoms with Crippen molar-refractivity contribution in [1.82, 2.24) is 0 Å². The third-order valence-corrected chi connectivity index (χ3v) is 6.05. The number of carbonyl (C=O) groups excluding carboxylic acids is 3. The summed E-state index contributed by atoms with van der Waals surface area (Å²) in [4.78, 5) is 35.0. The van der Waals surface area contributed by atoms with Gasteiger partial charge in [0.05, 0.1) is 0 Å². The Hall–Kier alpha value is -1.91. The number of allylic oxidation sites excluding steroid dienone is 2. The van der Waals surface area contributed by atoms with Crippen LogP contribution in [0.3, 0.4) is 0 Å². The van der Waals surface area contributed by atoms with E-state index in [0.717, 1.165) is 25.7 Å². The average Bonchev–Trinajstić information content (AvgIpc) is 3.07. The molecule has 0 heterocycles. The summed E-state index contributed by atoms with van der Waals surface area (Å²) in [7, 11) is 0. The van der Waals surface area contributed by atoms with Crippen molar-refractivity contribution < 1.29 is 23.9 Å². The van der Waals surface area contributed by atoms with Crippen LogP contribution in [-0.4, -0.2) is 29.9 Å². The van der Waals surface area contributed by atoms with Crippen LogP contribution < -0.4 is 0 Å². The quantitative estimate of drug-likeness (QED) is 0.408. The van der Waals surface area contributed by atoms with Crippen LogP contribution in [0, 0.1) is 23.7 Å². The van der Waals surface area contributed by atoms with Crippen molar-refractivity contribution in [3.05, 3.63) is 23.8 Å². The number of carbonyl (C=O) groups is 3. The lowest BCUT2D eigenvalue weighted by molar-refractivity contribution is -0.147. The number of ketones is 1. The molecule has 2 fully saturated rings. The largest absolute Gasteiger partial charge is 0.462 e. The van der Waals surface area contributed by atoms with Gasteiger partial charge in [0.1, 0.15) is 18.0 Å². The van der Waals surface area contributed by atoms with E-state index in [1.54, 1.807) is 0 Å². The van der Waals surface area contributed by atoms with Crippen LogP contribution in [0.25, 0.3) is 0 Å². The summed E-state index contributed by atoms with van der Waals surface area (Å²) >= 11 is 0. The van der Waals surface area contributed by atoms with Crippen LogP contribution >= 0.6 is 0 Å². The lowest BCUT2D eigenvalue weighted by Crippen LogP contribution is -2.24. The molecule has 0 spiro atoms. The molecule has 2 rings (SSSR count). The summed E-state index contributed by atoms with van der Waals surface area (Å²) in [6.45, 7) is 9.22. The van der Waals surface area contributed by atoms with E-state index in [4.69, 9.17) is 9.47 Å². The van der Waals surface area contributed by atoms with Gasteiger partial charge in [-0.25, -0.2) is 0 Å². The van der Waals surface area contributed by atoms with Crippen molar-refractivity contribution in [2.45, 2.75) is 85.4 Å².